The molecule has 3 aliphatic rings. The number of rotatable bonds is 4. The maximum absolute atomic E-state index is 11.5. The van der Waals surface area contributed by atoms with Crippen molar-refractivity contribution in [3.05, 3.63) is 64.6 Å². The number of carboxylic acids is 1. The van der Waals surface area contributed by atoms with Crippen molar-refractivity contribution < 1.29 is 14.6 Å². The van der Waals surface area contributed by atoms with Gasteiger partial charge in [0.2, 0.25) is 0 Å². The average molecular weight is 434 g/mol. The van der Waals surface area contributed by atoms with Crippen LogP contribution in [0.15, 0.2) is 54.0 Å². The largest absolute Gasteiger partial charge is 0.478 e. The average Bonchev–Trinajstić information content (AvgIpc) is 3.37. The molecule has 2 saturated heterocycles. The van der Waals surface area contributed by atoms with Crippen LogP contribution in [0.25, 0.3) is 0 Å². The quantitative estimate of drug-likeness (QED) is 0.604. The van der Waals surface area contributed by atoms with Crippen molar-refractivity contribution >= 4 is 28.7 Å². The molecule has 2 unspecified atom stereocenters. The van der Waals surface area contributed by atoms with E-state index in [-0.39, 0.29) is 5.56 Å². The topological polar surface area (TPSA) is 65.9 Å². The van der Waals surface area contributed by atoms with Crippen LogP contribution in [0.3, 0.4) is 0 Å². The summed E-state index contributed by atoms with van der Waals surface area (Å²) >= 11 is 1.73. The third-order valence-corrected chi connectivity index (χ3v) is 7.60. The number of hydrogen-bond acceptors (Lipinski definition) is 6. The lowest BCUT2D eigenvalue weighted by Crippen LogP contribution is -2.49. The van der Waals surface area contributed by atoms with Crippen LogP contribution in [0.5, 0.6) is 11.5 Å². The van der Waals surface area contributed by atoms with Crippen molar-refractivity contribution in [1.82, 2.24) is 9.88 Å². The number of aromatic nitrogens is 1. The number of carboxylic acid groups (broad SMARTS) is 1. The third kappa shape index (κ3) is 3.20. The van der Waals surface area contributed by atoms with Gasteiger partial charge in [-0.15, -0.1) is 11.3 Å². The Balaban J connectivity index is 1.34. The van der Waals surface area contributed by atoms with Crippen LogP contribution in [0.4, 0.5) is 11.4 Å². The number of ether oxygens (including phenoxy) is 1. The maximum Gasteiger partial charge on any atom is 0.335 e. The van der Waals surface area contributed by atoms with Gasteiger partial charge in [-0.25, -0.2) is 9.78 Å². The summed E-state index contributed by atoms with van der Waals surface area (Å²) in [5.41, 5.74) is 2.27. The van der Waals surface area contributed by atoms with Gasteiger partial charge in [-0.1, -0.05) is 12.1 Å². The summed E-state index contributed by atoms with van der Waals surface area (Å²) in [5.74, 6) is 0.469. The van der Waals surface area contributed by atoms with E-state index in [0.29, 0.717) is 23.9 Å². The number of benzene rings is 2. The van der Waals surface area contributed by atoms with E-state index in [1.165, 1.54) is 17.8 Å². The standard InChI is InChI=1S/C24H23N3O3S/c28-24(29)15-5-8-20-22(11-15)30-21-4-2-1-3-19(21)27(20)18-12-16-6-7-17(13-18)26(16)14-23-25-9-10-31-23/h1-5,8-11,16-18H,6-7,12-14H2,(H,28,29). The fourth-order valence-electron chi connectivity index (χ4n) is 5.51. The minimum Gasteiger partial charge on any atom is -0.478 e. The van der Waals surface area contributed by atoms with Crippen molar-refractivity contribution in [1.29, 1.82) is 0 Å². The molecule has 1 N–H and O–H groups in total. The van der Waals surface area contributed by atoms with Gasteiger partial charge in [0.25, 0.3) is 0 Å². The van der Waals surface area contributed by atoms with E-state index in [1.54, 1.807) is 23.5 Å². The predicted octanol–water partition coefficient (Wildman–Crippen LogP) is 5.28. The van der Waals surface area contributed by atoms with Crippen molar-refractivity contribution in [2.45, 2.75) is 50.4 Å². The molecule has 158 valence electrons. The predicted molar refractivity (Wildman–Crippen MR) is 120 cm³/mol. The summed E-state index contributed by atoms with van der Waals surface area (Å²) in [5, 5.41) is 12.7. The van der Waals surface area contributed by atoms with Crippen LogP contribution < -0.4 is 9.64 Å². The Morgan fingerprint density at radius 1 is 1.06 bits per heavy atom. The fraction of sp³-hybridized carbons (Fsp3) is 0.333. The van der Waals surface area contributed by atoms with Gasteiger partial charge < -0.3 is 14.7 Å². The van der Waals surface area contributed by atoms with Crippen LogP contribution in [-0.4, -0.2) is 39.1 Å². The Hall–Kier alpha value is -2.90. The number of thiazole rings is 1. The van der Waals surface area contributed by atoms with Gasteiger partial charge in [-0.2, -0.15) is 0 Å². The van der Waals surface area contributed by atoms with Crippen molar-refractivity contribution in [2.24, 2.45) is 0 Å². The molecular formula is C24H23N3O3S. The van der Waals surface area contributed by atoms with Gasteiger partial charge >= 0.3 is 5.97 Å². The smallest absolute Gasteiger partial charge is 0.335 e. The summed E-state index contributed by atoms with van der Waals surface area (Å²) in [6.07, 6.45) is 6.50. The number of aromatic carboxylic acids is 1. The number of carbonyl (C=O) groups is 1. The van der Waals surface area contributed by atoms with E-state index in [2.05, 4.69) is 26.2 Å². The highest BCUT2D eigenvalue weighted by Gasteiger charge is 2.44. The zero-order chi connectivity index (χ0) is 20.9. The molecule has 2 fully saturated rings. The van der Waals surface area contributed by atoms with E-state index in [0.717, 1.165) is 36.5 Å². The summed E-state index contributed by atoms with van der Waals surface area (Å²) in [7, 11) is 0. The first-order valence-electron chi connectivity index (χ1n) is 10.7. The van der Waals surface area contributed by atoms with Gasteiger partial charge in [0.15, 0.2) is 11.5 Å². The minimum atomic E-state index is -0.939. The summed E-state index contributed by atoms with van der Waals surface area (Å²) in [6, 6.07) is 14.7. The molecule has 2 bridgehead atoms. The zero-order valence-corrected chi connectivity index (χ0v) is 17.8. The molecule has 0 radical (unpaired) electrons. The number of fused-ring (bicyclic) bond motifs is 4. The molecule has 0 spiro atoms. The Bertz CT molecular complexity index is 1120. The molecule has 6 rings (SSSR count). The molecule has 2 aromatic carbocycles. The number of piperidine rings is 1. The first kappa shape index (κ1) is 18.8. The van der Waals surface area contributed by atoms with E-state index in [1.807, 2.05) is 30.5 Å². The summed E-state index contributed by atoms with van der Waals surface area (Å²) in [4.78, 5) is 21.0. The summed E-state index contributed by atoms with van der Waals surface area (Å²) in [6.45, 7) is 0.942. The second-order valence-corrected chi connectivity index (χ2v) is 9.51. The normalized spacial score (nSPS) is 24.4. The molecular weight excluding hydrogens is 410 g/mol. The Kier molecular flexibility index (Phi) is 4.47. The van der Waals surface area contributed by atoms with E-state index in [4.69, 9.17) is 4.74 Å². The van der Waals surface area contributed by atoms with Crippen LogP contribution in [0, 0.1) is 0 Å². The first-order valence-corrected chi connectivity index (χ1v) is 11.6. The van der Waals surface area contributed by atoms with Crippen molar-refractivity contribution in [2.75, 3.05) is 4.90 Å². The molecule has 31 heavy (non-hydrogen) atoms. The van der Waals surface area contributed by atoms with Crippen LogP contribution >= 0.6 is 11.3 Å². The fourth-order valence-corrected chi connectivity index (χ4v) is 6.14. The second-order valence-electron chi connectivity index (χ2n) is 8.54. The number of anilines is 2. The van der Waals surface area contributed by atoms with Gasteiger partial charge in [-0.05, 0) is 56.0 Å². The monoisotopic (exact) mass is 433 g/mol. The van der Waals surface area contributed by atoms with Crippen molar-refractivity contribution in [3.63, 3.8) is 0 Å². The van der Waals surface area contributed by atoms with Gasteiger partial charge in [-0.3, -0.25) is 4.90 Å². The molecule has 2 atom stereocenters. The van der Waals surface area contributed by atoms with Crippen LogP contribution in [0.1, 0.15) is 41.0 Å². The van der Waals surface area contributed by atoms with Gasteiger partial charge in [0.05, 0.1) is 23.5 Å². The molecule has 6 nitrogen and oxygen atoms in total. The molecule has 3 aliphatic heterocycles. The molecule has 7 heteroatoms. The lowest BCUT2D eigenvalue weighted by atomic mass is 9.94. The highest BCUT2D eigenvalue weighted by atomic mass is 32.1. The minimum absolute atomic E-state index is 0.247. The van der Waals surface area contributed by atoms with Crippen LogP contribution in [-0.2, 0) is 6.54 Å². The number of hydrogen-bond donors (Lipinski definition) is 1. The number of nitrogens with zero attached hydrogens (tertiary/aromatic N) is 3. The SMILES string of the molecule is O=C(O)c1ccc2c(c1)Oc1ccccc1N2C1CC2CCC(C1)N2Cc1nccs1. The van der Waals surface area contributed by atoms with Gasteiger partial charge in [0, 0.05) is 29.7 Å². The Morgan fingerprint density at radius 2 is 1.84 bits per heavy atom. The molecule has 0 aliphatic carbocycles. The highest BCUT2D eigenvalue weighted by molar-refractivity contribution is 7.09. The lowest BCUT2D eigenvalue weighted by Gasteiger charge is -2.45. The Morgan fingerprint density at radius 3 is 2.58 bits per heavy atom. The van der Waals surface area contributed by atoms with E-state index >= 15 is 0 Å². The first-order chi connectivity index (χ1) is 15.2. The third-order valence-electron chi connectivity index (χ3n) is 6.84. The zero-order valence-electron chi connectivity index (χ0n) is 17.0. The highest BCUT2D eigenvalue weighted by Crippen LogP contribution is 2.51. The maximum atomic E-state index is 11.5. The molecule has 0 saturated carbocycles. The van der Waals surface area contributed by atoms with Crippen molar-refractivity contribution in [3.8, 4) is 11.5 Å². The second kappa shape index (κ2) is 7.35. The number of para-hydroxylation sites is 2. The summed E-state index contributed by atoms with van der Waals surface area (Å²) < 4.78 is 6.13. The van der Waals surface area contributed by atoms with E-state index < -0.39 is 5.97 Å². The lowest BCUT2D eigenvalue weighted by molar-refractivity contribution is 0.0696. The van der Waals surface area contributed by atoms with E-state index in [9.17, 15) is 9.90 Å². The molecule has 3 aromatic rings. The molecule has 1 aromatic heterocycles. The van der Waals surface area contributed by atoms with Crippen LogP contribution in [0.2, 0.25) is 0 Å². The molecule has 4 heterocycles. The van der Waals surface area contributed by atoms with Gasteiger partial charge in [0.1, 0.15) is 5.01 Å². The Labute approximate surface area is 184 Å². The molecule has 0 amide bonds.